The predicted molar refractivity (Wildman–Crippen MR) is 207 cm³/mol. The molecule has 0 bridgehead atoms. The van der Waals surface area contributed by atoms with Gasteiger partial charge in [0.15, 0.2) is 0 Å². The molecule has 0 fully saturated rings. The zero-order valence-electron chi connectivity index (χ0n) is 31.8. The van der Waals surface area contributed by atoms with Crippen molar-refractivity contribution in [3.05, 3.63) is 24.3 Å². The van der Waals surface area contributed by atoms with E-state index >= 15 is 0 Å². The van der Waals surface area contributed by atoms with Crippen molar-refractivity contribution in [2.24, 2.45) is 0 Å². The van der Waals surface area contributed by atoms with Gasteiger partial charge in [-0.05, 0) is 44.9 Å². The van der Waals surface area contributed by atoms with E-state index in [-0.39, 0.29) is 5.97 Å². The van der Waals surface area contributed by atoms with Gasteiger partial charge in [-0.3, -0.25) is 0 Å². The molecule has 0 aromatic rings. The SMILES string of the molecule is CCCCCCCCC=CCCCCCCCCCCCCCCOC(=O)C=CCCCCCCCCCCCCCCCCC. The quantitative estimate of drug-likeness (QED) is 0.0288. The summed E-state index contributed by atoms with van der Waals surface area (Å²) < 4.78 is 5.39. The summed E-state index contributed by atoms with van der Waals surface area (Å²) >= 11 is 0. The summed E-state index contributed by atoms with van der Waals surface area (Å²) in [6, 6.07) is 0. The summed E-state index contributed by atoms with van der Waals surface area (Å²) in [4.78, 5) is 11.9. The molecular formula is C44H84O2. The summed E-state index contributed by atoms with van der Waals surface area (Å²) in [5.41, 5.74) is 0. The third kappa shape index (κ3) is 41.0. The van der Waals surface area contributed by atoms with Crippen LogP contribution in [-0.4, -0.2) is 12.6 Å². The number of allylic oxidation sites excluding steroid dienone is 3. The van der Waals surface area contributed by atoms with Gasteiger partial charge in [0.25, 0.3) is 0 Å². The molecule has 0 atom stereocenters. The average molecular weight is 645 g/mol. The minimum atomic E-state index is -0.152. The van der Waals surface area contributed by atoms with E-state index in [2.05, 4.69) is 26.0 Å². The standard InChI is InChI=1S/C44H84O2/c1-3-5-7-9-11-13-15-17-19-21-22-23-24-25-27-29-31-33-35-37-39-41-43-46-44(45)42-40-38-36-34-32-30-28-26-20-18-16-14-12-10-8-6-4-2/h17,19,40,42H,3-16,18,20-39,41,43H2,1-2H3. The number of carbonyl (C=O) groups excluding carboxylic acids is 1. The third-order valence-electron chi connectivity index (χ3n) is 9.63. The monoisotopic (exact) mass is 645 g/mol. The predicted octanol–water partition coefficient (Wildman–Crippen LogP) is 15.7. The zero-order chi connectivity index (χ0) is 33.3. The van der Waals surface area contributed by atoms with Crippen molar-refractivity contribution >= 4 is 5.97 Å². The molecule has 0 unspecified atom stereocenters. The molecule has 0 aliphatic rings. The number of hydrogen-bond acceptors (Lipinski definition) is 2. The summed E-state index contributed by atoms with van der Waals surface area (Å²) in [7, 11) is 0. The molecule has 0 radical (unpaired) electrons. The highest BCUT2D eigenvalue weighted by Crippen LogP contribution is 2.15. The molecule has 0 saturated heterocycles. The van der Waals surface area contributed by atoms with Gasteiger partial charge in [-0.2, -0.15) is 0 Å². The fourth-order valence-electron chi connectivity index (χ4n) is 6.44. The second kappa shape index (κ2) is 42.0. The van der Waals surface area contributed by atoms with Crippen LogP contribution in [0.3, 0.4) is 0 Å². The van der Waals surface area contributed by atoms with E-state index in [1.165, 1.54) is 218 Å². The van der Waals surface area contributed by atoms with Gasteiger partial charge >= 0.3 is 5.97 Å². The van der Waals surface area contributed by atoms with Crippen LogP contribution in [0.4, 0.5) is 0 Å². The lowest BCUT2D eigenvalue weighted by atomic mass is 10.0. The van der Waals surface area contributed by atoms with E-state index in [9.17, 15) is 4.79 Å². The molecule has 0 amide bonds. The number of carbonyl (C=O) groups is 1. The fraction of sp³-hybridized carbons (Fsp3) is 0.886. The topological polar surface area (TPSA) is 26.3 Å². The number of rotatable bonds is 39. The molecule has 0 aromatic carbocycles. The summed E-state index contributed by atoms with van der Waals surface area (Å²) in [5.74, 6) is -0.152. The van der Waals surface area contributed by atoms with Gasteiger partial charge in [-0.25, -0.2) is 4.79 Å². The van der Waals surface area contributed by atoms with Crippen LogP contribution in [0.5, 0.6) is 0 Å². The maximum absolute atomic E-state index is 11.9. The Morgan fingerprint density at radius 3 is 0.935 bits per heavy atom. The molecule has 0 aromatic heterocycles. The minimum absolute atomic E-state index is 0.152. The molecular weight excluding hydrogens is 560 g/mol. The molecule has 2 nitrogen and oxygen atoms in total. The Balaban J connectivity index is 3.22. The molecule has 2 heteroatoms. The van der Waals surface area contributed by atoms with Crippen molar-refractivity contribution in [1.29, 1.82) is 0 Å². The normalized spacial score (nSPS) is 11.8. The van der Waals surface area contributed by atoms with Crippen LogP contribution in [0.2, 0.25) is 0 Å². The van der Waals surface area contributed by atoms with Gasteiger partial charge in [0.05, 0.1) is 6.61 Å². The Morgan fingerprint density at radius 1 is 0.348 bits per heavy atom. The Hall–Kier alpha value is -1.05. The fourth-order valence-corrected chi connectivity index (χ4v) is 6.44. The van der Waals surface area contributed by atoms with Crippen LogP contribution in [0.15, 0.2) is 24.3 Å². The second-order valence-electron chi connectivity index (χ2n) is 14.4. The van der Waals surface area contributed by atoms with Gasteiger partial charge in [0.1, 0.15) is 0 Å². The van der Waals surface area contributed by atoms with E-state index in [0.717, 1.165) is 12.8 Å². The van der Waals surface area contributed by atoms with Gasteiger partial charge in [0, 0.05) is 6.08 Å². The minimum Gasteiger partial charge on any atom is -0.463 e. The first kappa shape index (κ1) is 45.0. The van der Waals surface area contributed by atoms with Crippen LogP contribution in [0.25, 0.3) is 0 Å². The van der Waals surface area contributed by atoms with Crippen molar-refractivity contribution in [2.75, 3.05) is 6.61 Å². The van der Waals surface area contributed by atoms with E-state index in [0.29, 0.717) is 6.61 Å². The molecule has 272 valence electrons. The second-order valence-corrected chi connectivity index (χ2v) is 14.4. The number of hydrogen-bond donors (Lipinski definition) is 0. The third-order valence-corrected chi connectivity index (χ3v) is 9.63. The van der Waals surface area contributed by atoms with Crippen molar-refractivity contribution in [3.8, 4) is 0 Å². The molecule has 0 rings (SSSR count). The highest BCUT2D eigenvalue weighted by molar-refractivity contribution is 5.81. The molecule has 46 heavy (non-hydrogen) atoms. The van der Waals surface area contributed by atoms with E-state index < -0.39 is 0 Å². The molecule has 0 heterocycles. The maximum atomic E-state index is 11.9. The van der Waals surface area contributed by atoms with E-state index in [4.69, 9.17) is 4.74 Å². The van der Waals surface area contributed by atoms with Crippen LogP contribution >= 0.6 is 0 Å². The van der Waals surface area contributed by atoms with E-state index in [1.807, 2.05) is 6.08 Å². The summed E-state index contributed by atoms with van der Waals surface area (Å²) in [5, 5.41) is 0. The van der Waals surface area contributed by atoms with Crippen LogP contribution in [0.1, 0.15) is 245 Å². The Labute approximate surface area is 290 Å². The van der Waals surface area contributed by atoms with Crippen LogP contribution < -0.4 is 0 Å². The highest BCUT2D eigenvalue weighted by Gasteiger charge is 1.99. The number of unbranched alkanes of at least 4 members (excludes halogenated alkanes) is 33. The first-order valence-corrected chi connectivity index (χ1v) is 21.3. The summed E-state index contributed by atoms with van der Waals surface area (Å²) in [6.45, 7) is 5.16. The lowest BCUT2D eigenvalue weighted by molar-refractivity contribution is -0.137. The number of ether oxygens (including phenoxy) is 1. The molecule has 0 spiro atoms. The lowest BCUT2D eigenvalue weighted by Gasteiger charge is -2.04. The zero-order valence-corrected chi connectivity index (χ0v) is 31.8. The van der Waals surface area contributed by atoms with Gasteiger partial charge in [0.2, 0.25) is 0 Å². The van der Waals surface area contributed by atoms with Crippen molar-refractivity contribution < 1.29 is 9.53 Å². The number of esters is 1. The Morgan fingerprint density at radius 2 is 0.609 bits per heavy atom. The maximum Gasteiger partial charge on any atom is 0.330 e. The smallest absolute Gasteiger partial charge is 0.330 e. The van der Waals surface area contributed by atoms with E-state index in [1.54, 1.807) is 6.08 Å². The van der Waals surface area contributed by atoms with Crippen molar-refractivity contribution in [2.45, 2.75) is 245 Å². The average Bonchev–Trinajstić information content (AvgIpc) is 3.06. The summed E-state index contributed by atoms with van der Waals surface area (Å²) in [6.07, 6.45) is 57.4. The van der Waals surface area contributed by atoms with Gasteiger partial charge in [-0.15, -0.1) is 0 Å². The molecule has 0 aliphatic carbocycles. The van der Waals surface area contributed by atoms with Gasteiger partial charge < -0.3 is 4.74 Å². The Bertz CT molecular complexity index is 621. The van der Waals surface area contributed by atoms with Crippen LogP contribution in [-0.2, 0) is 9.53 Å². The van der Waals surface area contributed by atoms with Gasteiger partial charge in [-0.1, -0.05) is 218 Å². The van der Waals surface area contributed by atoms with Crippen molar-refractivity contribution in [1.82, 2.24) is 0 Å². The van der Waals surface area contributed by atoms with Crippen molar-refractivity contribution in [3.63, 3.8) is 0 Å². The molecule has 0 saturated carbocycles. The first-order chi connectivity index (χ1) is 22.8. The highest BCUT2D eigenvalue weighted by atomic mass is 16.5. The Kier molecular flexibility index (Phi) is 41.0. The first-order valence-electron chi connectivity index (χ1n) is 21.3. The molecule has 0 N–H and O–H groups in total. The molecule has 0 aliphatic heterocycles. The lowest BCUT2D eigenvalue weighted by Crippen LogP contribution is -2.02. The van der Waals surface area contributed by atoms with Crippen LogP contribution in [0, 0.1) is 0 Å². The largest absolute Gasteiger partial charge is 0.463 e.